The third-order valence-corrected chi connectivity index (χ3v) is 4.26. The van der Waals surface area contributed by atoms with E-state index in [0.717, 1.165) is 12.8 Å². The molecule has 5 nitrogen and oxygen atoms in total. The van der Waals surface area contributed by atoms with Crippen molar-refractivity contribution in [3.8, 4) is 0 Å². The molecule has 23 heavy (non-hydrogen) atoms. The topological polar surface area (TPSA) is 67.4 Å². The second-order valence-corrected chi connectivity index (χ2v) is 5.71. The van der Waals surface area contributed by atoms with Crippen molar-refractivity contribution in [1.29, 1.82) is 0 Å². The molecule has 0 heterocycles. The Labute approximate surface area is 133 Å². The molecule has 0 unspecified atom stereocenters. The van der Waals surface area contributed by atoms with Gasteiger partial charge in [0.1, 0.15) is 11.6 Å². The Morgan fingerprint density at radius 2 is 1.78 bits per heavy atom. The Morgan fingerprint density at radius 1 is 1.17 bits per heavy atom. The lowest BCUT2D eigenvalue weighted by molar-refractivity contribution is -0.120. The van der Waals surface area contributed by atoms with Gasteiger partial charge in [-0.05, 0) is 25.0 Å². The summed E-state index contributed by atoms with van der Waals surface area (Å²) in [7, 11) is 1.20. The van der Waals surface area contributed by atoms with Gasteiger partial charge in [0, 0.05) is 17.5 Å². The van der Waals surface area contributed by atoms with E-state index in [1.165, 1.54) is 25.3 Å². The number of alkyl carbamates (subject to hydrolysis) is 1. The Kier molecular flexibility index (Phi) is 5.52. The normalized spacial score (nSPS) is 16.0. The van der Waals surface area contributed by atoms with Gasteiger partial charge >= 0.3 is 6.09 Å². The maximum atomic E-state index is 14.1. The zero-order chi connectivity index (χ0) is 16.9. The van der Waals surface area contributed by atoms with Crippen LogP contribution in [0.3, 0.4) is 0 Å². The van der Waals surface area contributed by atoms with E-state index in [9.17, 15) is 18.4 Å². The first-order valence-corrected chi connectivity index (χ1v) is 7.51. The first-order valence-electron chi connectivity index (χ1n) is 7.51. The average molecular weight is 326 g/mol. The van der Waals surface area contributed by atoms with Crippen LogP contribution in [-0.2, 0) is 14.9 Å². The zero-order valence-electron chi connectivity index (χ0n) is 13.0. The van der Waals surface area contributed by atoms with E-state index in [4.69, 9.17) is 0 Å². The second-order valence-electron chi connectivity index (χ2n) is 5.71. The lowest BCUT2D eigenvalue weighted by atomic mass is 9.78. The minimum absolute atomic E-state index is 0.0405. The van der Waals surface area contributed by atoms with Gasteiger partial charge in [-0.3, -0.25) is 4.79 Å². The lowest BCUT2D eigenvalue weighted by Crippen LogP contribution is -2.44. The number of amides is 2. The summed E-state index contributed by atoms with van der Waals surface area (Å²) in [6.07, 6.45) is 2.20. The van der Waals surface area contributed by atoms with Crippen LogP contribution in [0.1, 0.15) is 31.2 Å². The van der Waals surface area contributed by atoms with Gasteiger partial charge in [0.15, 0.2) is 0 Å². The number of ether oxygens (including phenoxy) is 1. The zero-order valence-corrected chi connectivity index (χ0v) is 13.0. The van der Waals surface area contributed by atoms with Gasteiger partial charge in [-0.2, -0.15) is 0 Å². The molecule has 1 aliphatic rings. The van der Waals surface area contributed by atoms with E-state index in [1.54, 1.807) is 0 Å². The highest BCUT2D eigenvalue weighted by atomic mass is 19.1. The van der Waals surface area contributed by atoms with Crippen LogP contribution in [0, 0.1) is 11.6 Å². The fourth-order valence-electron chi connectivity index (χ4n) is 3.13. The number of halogens is 2. The third-order valence-electron chi connectivity index (χ3n) is 4.26. The minimum Gasteiger partial charge on any atom is -0.453 e. The fraction of sp³-hybridized carbons (Fsp3) is 0.500. The van der Waals surface area contributed by atoms with E-state index in [2.05, 4.69) is 15.4 Å². The molecule has 1 aromatic carbocycles. The number of methoxy groups -OCH3 is 1. The highest BCUT2D eigenvalue weighted by Gasteiger charge is 2.40. The SMILES string of the molecule is COC(=O)NCC(=O)NCC1(c2c(F)cccc2F)CCCC1. The highest BCUT2D eigenvalue weighted by molar-refractivity contribution is 5.82. The number of hydrogen-bond acceptors (Lipinski definition) is 3. The van der Waals surface area contributed by atoms with E-state index >= 15 is 0 Å². The Morgan fingerprint density at radius 3 is 2.35 bits per heavy atom. The standard InChI is InChI=1S/C16H20F2N2O3/c1-23-15(22)19-9-13(21)20-10-16(7-2-3-8-16)14-11(17)5-4-6-12(14)18/h4-6H,2-3,7-10H2,1H3,(H,19,22)(H,20,21). The van der Waals surface area contributed by atoms with Crippen LogP contribution in [0.4, 0.5) is 13.6 Å². The summed E-state index contributed by atoms with van der Waals surface area (Å²) in [4.78, 5) is 22.7. The Hall–Kier alpha value is -2.18. The summed E-state index contributed by atoms with van der Waals surface area (Å²) in [5.74, 6) is -1.61. The van der Waals surface area contributed by atoms with Crippen molar-refractivity contribution in [2.24, 2.45) is 0 Å². The van der Waals surface area contributed by atoms with Crippen LogP contribution in [0.5, 0.6) is 0 Å². The molecule has 2 amide bonds. The van der Waals surface area contributed by atoms with Gasteiger partial charge in [0.2, 0.25) is 5.91 Å². The number of rotatable bonds is 5. The molecule has 1 fully saturated rings. The molecule has 1 saturated carbocycles. The molecule has 0 aliphatic heterocycles. The molecule has 2 N–H and O–H groups in total. The maximum Gasteiger partial charge on any atom is 0.407 e. The molecule has 0 saturated heterocycles. The molecule has 126 valence electrons. The second kappa shape index (κ2) is 7.39. The van der Waals surface area contributed by atoms with Crippen LogP contribution in [0.2, 0.25) is 0 Å². The number of benzene rings is 1. The molecule has 0 bridgehead atoms. The molecule has 0 spiro atoms. The summed E-state index contributed by atoms with van der Waals surface area (Å²) in [5.41, 5.74) is -0.699. The largest absolute Gasteiger partial charge is 0.453 e. The average Bonchev–Trinajstić information content (AvgIpc) is 3.00. The number of carbonyl (C=O) groups is 2. The predicted octanol–water partition coefficient (Wildman–Crippen LogP) is 2.25. The van der Waals surface area contributed by atoms with Crippen LogP contribution < -0.4 is 10.6 Å². The monoisotopic (exact) mass is 326 g/mol. The Bertz CT molecular complexity index is 566. The Balaban J connectivity index is 2.07. The summed E-state index contributed by atoms with van der Waals surface area (Å²) in [6, 6.07) is 3.80. The number of nitrogens with one attached hydrogen (secondary N) is 2. The van der Waals surface area contributed by atoms with Crippen LogP contribution in [-0.4, -0.2) is 32.2 Å². The minimum atomic E-state index is -0.740. The molecular formula is C16H20F2N2O3. The molecule has 1 aromatic rings. The molecule has 0 atom stereocenters. The van der Waals surface area contributed by atoms with Crippen molar-refractivity contribution in [2.45, 2.75) is 31.1 Å². The molecule has 2 rings (SSSR count). The van der Waals surface area contributed by atoms with Crippen molar-refractivity contribution in [3.63, 3.8) is 0 Å². The van der Waals surface area contributed by atoms with Gasteiger partial charge in [-0.1, -0.05) is 18.9 Å². The molecule has 1 aliphatic carbocycles. The van der Waals surface area contributed by atoms with Crippen molar-refractivity contribution < 1.29 is 23.1 Å². The summed E-state index contributed by atoms with van der Waals surface area (Å²) in [5, 5.41) is 4.92. The lowest BCUT2D eigenvalue weighted by Gasteiger charge is -2.30. The van der Waals surface area contributed by atoms with Crippen molar-refractivity contribution in [1.82, 2.24) is 10.6 Å². The summed E-state index contributed by atoms with van der Waals surface area (Å²) < 4.78 is 32.7. The molecule has 0 aromatic heterocycles. The van der Waals surface area contributed by atoms with Gasteiger partial charge < -0.3 is 15.4 Å². The van der Waals surface area contributed by atoms with E-state index < -0.39 is 29.0 Å². The van der Waals surface area contributed by atoms with E-state index in [0.29, 0.717) is 12.8 Å². The van der Waals surface area contributed by atoms with Crippen molar-refractivity contribution in [2.75, 3.05) is 20.2 Å². The van der Waals surface area contributed by atoms with Gasteiger partial charge in [-0.25, -0.2) is 13.6 Å². The van der Waals surface area contributed by atoms with E-state index in [-0.39, 0.29) is 18.7 Å². The van der Waals surface area contributed by atoms with Gasteiger partial charge in [0.25, 0.3) is 0 Å². The van der Waals surface area contributed by atoms with E-state index in [1.807, 2.05) is 0 Å². The first kappa shape index (κ1) is 17.2. The van der Waals surface area contributed by atoms with Crippen LogP contribution in [0.25, 0.3) is 0 Å². The summed E-state index contributed by atoms with van der Waals surface area (Å²) >= 11 is 0. The first-order chi connectivity index (χ1) is 11.0. The maximum absolute atomic E-state index is 14.1. The van der Waals surface area contributed by atoms with Crippen molar-refractivity contribution in [3.05, 3.63) is 35.4 Å². The van der Waals surface area contributed by atoms with Gasteiger partial charge in [0.05, 0.1) is 13.7 Å². The third kappa shape index (κ3) is 3.97. The fourth-order valence-corrected chi connectivity index (χ4v) is 3.13. The summed E-state index contributed by atoms with van der Waals surface area (Å²) in [6.45, 7) is -0.116. The quantitative estimate of drug-likeness (QED) is 0.872. The van der Waals surface area contributed by atoms with Crippen LogP contribution >= 0.6 is 0 Å². The van der Waals surface area contributed by atoms with Gasteiger partial charge in [-0.15, -0.1) is 0 Å². The number of carbonyl (C=O) groups excluding carboxylic acids is 2. The predicted molar refractivity (Wildman–Crippen MR) is 79.9 cm³/mol. The molecular weight excluding hydrogens is 306 g/mol. The smallest absolute Gasteiger partial charge is 0.407 e. The number of hydrogen-bond donors (Lipinski definition) is 2. The molecule has 7 heteroatoms. The van der Waals surface area contributed by atoms with Crippen molar-refractivity contribution >= 4 is 12.0 Å². The van der Waals surface area contributed by atoms with Crippen LogP contribution in [0.15, 0.2) is 18.2 Å². The molecule has 0 radical (unpaired) electrons. The highest BCUT2D eigenvalue weighted by Crippen LogP contribution is 2.42.